The van der Waals surface area contributed by atoms with Gasteiger partial charge in [0.05, 0.1) is 5.69 Å². The molecule has 0 N–H and O–H groups in total. The first-order valence-corrected chi connectivity index (χ1v) is 13.5. The Morgan fingerprint density at radius 3 is 2.24 bits per heavy atom. The third kappa shape index (κ3) is 5.77. The van der Waals surface area contributed by atoms with E-state index in [9.17, 15) is 0 Å². The van der Waals surface area contributed by atoms with Gasteiger partial charge in [0.2, 0.25) is 0 Å². The number of rotatable bonds is 11. The Bertz CT molecular complexity index is 1380. The van der Waals surface area contributed by atoms with Crippen molar-refractivity contribution < 1.29 is 0 Å². The largest absolute Gasteiger partial charge is 0.311 e. The number of allylic oxidation sites excluding steroid dienone is 8. The lowest BCUT2D eigenvalue weighted by molar-refractivity contribution is 0.651. The predicted molar refractivity (Wildman–Crippen MR) is 176 cm³/mol. The van der Waals surface area contributed by atoms with Gasteiger partial charge in [-0.3, -0.25) is 4.31 Å². The SMILES string of the molecule is C=C/C=C\C(=C)N(/C(C=C)=C/C=C)c1ccc(/C(=C/C)SC(=C)c2ccc3c(c2)N(S)C(=C)C3(C)C)cc1. The van der Waals surface area contributed by atoms with Crippen LogP contribution in [0.2, 0.25) is 0 Å². The fourth-order valence-electron chi connectivity index (χ4n) is 4.31. The highest BCUT2D eigenvalue weighted by Crippen LogP contribution is 2.49. The van der Waals surface area contributed by atoms with Crippen molar-refractivity contribution in [1.82, 2.24) is 0 Å². The number of hydrogen-bond acceptors (Lipinski definition) is 4. The minimum Gasteiger partial charge on any atom is -0.311 e. The van der Waals surface area contributed by atoms with Crippen LogP contribution < -0.4 is 9.21 Å². The van der Waals surface area contributed by atoms with Crippen molar-refractivity contribution in [3.8, 4) is 0 Å². The topological polar surface area (TPSA) is 6.48 Å². The van der Waals surface area contributed by atoms with E-state index in [0.29, 0.717) is 0 Å². The van der Waals surface area contributed by atoms with Gasteiger partial charge in [0.25, 0.3) is 0 Å². The molecular weight excluding hydrogens is 501 g/mol. The van der Waals surface area contributed by atoms with Crippen LogP contribution in [-0.4, -0.2) is 0 Å². The first-order chi connectivity index (χ1) is 18.1. The second-order valence-corrected chi connectivity index (χ2v) is 10.8. The monoisotopic (exact) mass is 536 g/mol. The maximum Gasteiger partial charge on any atom is 0.0566 e. The highest BCUT2D eigenvalue weighted by atomic mass is 32.2. The van der Waals surface area contributed by atoms with E-state index in [2.05, 4.69) is 115 Å². The third-order valence-electron chi connectivity index (χ3n) is 6.57. The molecule has 1 aliphatic heterocycles. The second kappa shape index (κ2) is 12.3. The molecule has 2 aromatic rings. The van der Waals surface area contributed by atoms with E-state index in [1.807, 2.05) is 34.4 Å². The van der Waals surface area contributed by atoms with E-state index in [1.54, 1.807) is 30.0 Å². The van der Waals surface area contributed by atoms with Gasteiger partial charge < -0.3 is 4.90 Å². The molecule has 0 atom stereocenters. The summed E-state index contributed by atoms with van der Waals surface area (Å²) >= 11 is 6.34. The Morgan fingerprint density at radius 2 is 1.66 bits per heavy atom. The maximum absolute atomic E-state index is 4.69. The molecule has 0 saturated heterocycles. The third-order valence-corrected chi connectivity index (χ3v) is 8.20. The van der Waals surface area contributed by atoms with Crippen molar-refractivity contribution in [2.45, 2.75) is 26.2 Å². The molecule has 0 aromatic heterocycles. The molecule has 0 aliphatic carbocycles. The summed E-state index contributed by atoms with van der Waals surface area (Å²) in [7, 11) is 0. The van der Waals surface area contributed by atoms with Gasteiger partial charge >= 0.3 is 0 Å². The molecule has 0 fully saturated rings. The van der Waals surface area contributed by atoms with Crippen LogP contribution in [0.25, 0.3) is 9.81 Å². The molecule has 2 aromatic carbocycles. The number of fused-ring (bicyclic) bond motifs is 1. The molecule has 2 nitrogen and oxygen atoms in total. The van der Waals surface area contributed by atoms with E-state index in [0.717, 1.165) is 49.4 Å². The second-order valence-electron chi connectivity index (χ2n) is 9.29. The van der Waals surface area contributed by atoms with Crippen LogP contribution in [-0.2, 0) is 5.41 Å². The quantitative estimate of drug-likeness (QED) is 0.226. The molecule has 4 heteroatoms. The van der Waals surface area contributed by atoms with Gasteiger partial charge in [0, 0.05) is 38.0 Å². The lowest BCUT2D eigenvalue weighted by Gasteiger charge is -2.26. The van der Waals surface area contributed by atoms with Crippen molar-refractivity contribution in [3.05, 3.63) is 158 Å². The van der Waals surface area contributed by atoms with Gasteiger partial charge in [-0.1, -0.05) is 126 Å². The molecule has 1 aliphatic rings. The average molecular weight is 537 g/mol. The van der Waals surface area contributed by atoms with Crippen LogP contribution in [0.3, 0.4) is 0 Å². The van der Waals surface area contributed by atoms with E-state index >= 15 is 0 Å². The van der Waals surface area contributed by atoms with Gasteiger partial charge in [0.1, 0.15) is 0 Å². The Kier molecular flexibility index (Phi) is 9.37. The summed E-state index contributed by atoms with van der Waals surface area (Å²) in [6.07, 6.45) is 13.1. The summed E-state index contributed by atoms with van der Waals surface area (Å²) in [6, 6.07) is 14.8. The van der Waals surface area contributed by atoms with Crippen LogP contribution in [0.15, 0.2) is 142 Å². The Labute approximate surface area is 238 Å². The predicted octanol–water partition coefficient (Wildman–Crippen LogP) is 10.2. The van der Waals surface area contributed by atoms with Crippen molar-refractivity contribution in [3.63, 3.8) is 0 Å². The molecule has 0 amide bonds. The van der Waals surface area contributed by atoms with E-state index < -0.39 is 0 Å². The smallest absolute Gasteiger partial charge is 0.0566 e. The van der Waals surface area contributed by atoms with Gasteiger partial charge in [-0.25, -0.2) is 0 Å². The first kappa shape index (κ1) is 29.0. The lowest BCUT2D eigenvalue weighted by atomic mass is 9.84. The minimum absolute atomic E-state index is 0.146. The minimum atomic E-state index is -0.146. The van der Waals surface area contributed by atoms with E-state index in [1.165, 1.54) is 5.56 Å². The van der Waals surface area contributed by atoms with Crippen LogP contribution in [0.5, 0.6) is 0 Å². The number of nitrogens with zero attached hydrogens (tertiary/aromatic N) is 2. The standard InChI is InChI=1S/C34H36N2S2/c1-10-14-16-24(5)35(29(12-3)15-11-2)30-20-17-27(18-21-30)33(13-4)38-25(6)28-19-22-31-32(23-28)36(37)26(7)34(31,8)9/h10-23,37H,1-3,5-7H2,4,8-9H3/b16-14-,29-15+,33-13-. The fraction of sp³-hybridized carbons (Fsp3) is 0.118. The average Bonchev–Trinajstić information content (AvgIpc) is 3.09. The normalized spacial score (nSPS) is 14.8. The first-order valence-electron chi connectivity index (χ1n) is 12.3. The van der Waals surface area contributed by atoms with E-state index in [4.69, 9.17) is 0 Å². The lowest BCUT2D eigenvalue weighted by Crippen LogP contribution is -2.19. The summed E-state index contributed by atoms with van der Waals surface area (Å²) in [5.41, 5.74) is 7.92. The summed E-state index contributed by atoms with van der Waals surface area (Å²) in [4.78, 5) is 4.12. The Hall–Kier alpha value is -3.60. The van der Waals surface area contributed by atoms with Crippen LogP contribution in [0.1, 0.15) is 37.5 Å². The molecular formula is C34H36N2S2. The number of thiol groups is 1. The number of thioether (sulfide) groups is 1. The van der Waals surface area contributed by atoms with Crippen LogP contribution >= 0.6 is 24.6 Å². The molecule has 0 unspecified atom stereocenters. The van der Waals surface area contributed by atoms with Crippen molar-refractivity contribution >= 4 is 45.8 Å². The molecule has 1 heterocycles. The summed E-state index contributed by atoms with van der Waals surface area (Å²) in [5, 5.41) is 0. The van der Waals surface area contributed by atoms with Gasteiger partial charge in [0.15, 0.2) is 0 Å². The number of anilines is 2. The number of hydrogen-bond donors (Lipinski definition) is 1. The molecule has 0 radical (unpaired) electrons. The van der Waals surface area contributed by atoms with Gasteiger partial charge in [-0.15, -0.1) is 0 Å². The van der Waals surface area contributed by atoms with Crippen molar-refractivity contribution in [2.24, 2.45) is 0 Å². The fourth-order valence-corrected chi connectivity index (χ4v) is 5.61. The molecule has 194 valence electrons. The summed E-state index contributed by atoms with van der Waals surface area (Å²) in [6.45, 7) is 30.8. The Morgan fingerprint density at radius 1 is 1.00 bits per heavy atom. The molecule has 0 spiro atoms. The van der Waals surface area contributed by atoms with Crippen LogP contribution in [0, 0.1) is 0 Å². The highest BCUT2D eigenvalue weighted by Gasteiger charge is 2.38. The molecule has 0 saturated carbocycles. The highest BCUT2D eigenvalue weighted by molar-refractivity contribution is 8.16. The zero-order chi connectivity index (χ0) is 28.0. The molecule has 0 bridgehead atoms. The molecule has 3 rings (SSSR count). The van der Waals surface area contributed by atoms with Gasteiger partial charge in [-0.05, 0) is 60.0 Å². The van der Waals surface area contributed by atoms with E-state index in [-0.39, 0.29) is 5.41 Å². The van der Waals surface area contributed by atoms with Crippen LogP contribution in [0.4, 0.5) is 11.4 Å². The summed E-state index contributed by atoms with van der Waals surface area (Å²) < 4.78 is 1.88. The van der Waals surface area contributed by atoms with Crippen molar-refractivity contribution in [1.29, 1.82) is 0 Å². The number of benzene rings is 2. The van der Waals surface area contributed by atoms with Gasteiger partial charge in [-0.2, -0.15) is 0 Å². The molecule has 38 heavy (non-hydrogen) atoms. The maximum atomic E-state index is 4.69. The zero-order valence-corrected chi connectivity index (χ0v) is 24.3. The zero-order valence-electron chi connectivity index (χ0n) is 22.6. The summed E-state index contributed by atoms with van der Waals surface area (Å²) in [5.74, 6) is 0. The van der Waals surface area contributed by atoms with Crippen molar-refractivity contribution in [2.75, 3.05) is 9.21 Å². The Balaban J connectivity index is 1.87.